The summed E-state index contributed by atoms with van der Waals surface area (Å²) < 4.78 is 23.2. The second-order valence-corrected chi connectivity index (χ2v) is 14.3. The van der Waals surface area contributed by atoms with E-state index in [4.69, 9.17) is 18.6 Å². The lowest BCUT2D eigenvalue weighted by Crippen LogP contribution is -2.40. The SMILES string of the molecule is CC(C)(C)[Si](C)(C)OCc1ccc(N(CC2CCOC2)C(=O)O)nc1C1OCCO1. The van der Waals surface area contributed by atoms with Crippen LogP contribution >= 0.6 is 0 Å². The first-order valence-corrected chi connectivity index (χ1v) is 13.4. The summed E-state index contributed by atoms with van der Waals surface area (Å²) >= 11 is 0. The zero-order chi connectivity index (χ0) is 21.9. The number of hydrogen-bond acceptors (Lipinski definition) is 6. The van der Waals surface area contributed by atoms with E-state index in [1.165, 1.54) is 4.90 Å². The van der Waals surface area contributed by atoms with Crippen LogP contribution in [0.4, 0.5) is 10.6 Å². The molecule has 0 spiro atoms. The van der Waals surface area contributed by atoms with Crippen molar-refractivity contribution in [2.75, 3.05) is 37.9 Å². The van der Waals surface area contributed by atoms with Crippen molar-refractivity contribution in [1.29, 1.82) is 0 Å². The van der Waals surface area contributed by atoms with Crippen LogP contribution in [0.1, 0.15) is 44.7 Å². The molecule has 2 saturated heterocycles. The number of hydrogen-bond donors (Lipinski definition) is 1. The average Bonchev–Trinajstić information content (AvgIpc) is 3.37. The Kier molecular flexibility index (Phi) is 7.19. The maximum atomic E-state index is 11.9. The Bertz CT molecular complexity index is 740. The average molecular weight is 439 g/mol. The molecular weight excluding hydrogens is 404 g/mol. The maximum absolute atomic E-state index is 11.9. The summed E-state index contributed by atoms with van der Waals surface area (Å²) in [5, 5.41) is 9.86. The van der Waals surface area contributed by atoms with Crippen LogP contribution in [0.5, 0.6) is 0 Å². The molecule has 1 unspecified atom stereocenters. The van der Waals surface area contributed by atoms with Gasteiger partial charge in [0.2, 0.25) is 6.29 Å². The Morgan fingerprint density at radius 1 is 1.27 bits per heavy atom. The minimum absolute atomic E-state index is 0.0876. The van der Waals surface area contributed by atoms with Crippen LogP contribution in [-0.4, -0.2) is 57.5 Å². The molecule has 0 bridgehead atoms. The molecule has 1 atom stereocenters. The topological polar surface area (TPSA) is 90.4 Å². The van der Waals surface area contributed by atoms with Gasteiger partial charge in [0, 0.05) is 24.6 Å². The van der Waals surface area contributed by atoms with Crippen molar-refractivity contribution in [1.82, 2.24) is 4.98 Å². The molecule has 168 valence electrons. The molecule has 0 radical (unpaired) electrons. The molecule has 2 aliphatic rings. The molecule has 1 N–H and O–H groups in total. The van der Waals surface area contributed by atoms with Crippen LogP contribution < -0.4 is 4.90 Å². The summed E-state index contributed by atoms with van der Waals surface area (Å²) in [6, 6.07) is 3.63. The van der Waals surface area contributed by atoms with Gasteiger partial charge in [-0.2, -0.15) is 0 Å². The molecule has 2 aliphatic heterocycles. The van der Waals surface area contributed by atoms with Gasteiger partial charge in [0.15, 0.2) is 8.32 Å². The van der Waals surface area contributed by atoms with E-state index in [9.17, 15) is 9.90 Å². The fraction of sp³-hybridized carbons (Fsp3) is 0.714. The summed E-state index contributed by atoms with van der Waals surface area (Å²) in [4.78, 5) is 17.9. The monoisotopic (exact) mass is 438 g/mol. The molecule has 1 aromatic heterocycles. The number of nitrogens with zero attached hydrogens (tertiary/aromatic N) is 2. The van der Waals surface area contributed by atoms with Crippen LogP contribution in [-0.2, 0) is 25.2 Å². The maximum Gasteiger partial charge on any atom is 0.413 e. The number of carbonyl (C=O) groups is 1. The highest BCUT2D eigenvalue weighted by atomic mass is 28.4. The Balaban J connectivity index is 1.85. The number of ether oxygens (including phenoxy) is 3. The molecule has 1 amide bonds. The van der Waals surface area contributed by atoms with Crippen LogP contribution in [0.2, 0.25) is 18.1 Å². The second-order valence-electron chi connectivity index (χ2n) is 9.46. The molecule has 0 aromatic carbocycles. The third-order valence-electron chi connectivity index (χ3n) is 6.21. The number of carboxylic acid groups (broad SMARTS) is 1. The Labute approximate surface area is 179 Å². The van der Waals surface area contributed by atoms with Crippen LogP contribution in [0.15, 0.2) is 12.1 Å². The van der Waals surface area contributed by atoms with Crippen molar-refractivity contribution >= 4 is 20.2 Å². The number of aromatic nitrogens is 1. The smallest absolute Gasteiger partial charge is 0.413 e. The zero-order valence-electron chi connectivity index (χ0n) is 18.6. The highest BCUT2D eigenvalue weighted by molar-refractivity contribution is 6.74. The van der Waals surface area contributed by atoms with Gasteiger partial charge in [0.1, 0.15) is 11.5 Å². The van der Waals surface area contributed by atoms with Gasteiger partial charge in [0.25, 0.3) is 0 Å². The van der Waals surface area contributed by atoms with Crippen molar-refractivity contribution in [3.05, 3.63) is 23.4 Å². The lowest BCUT2D eigenvalue weighted by atomic mass is 10.1. The first kappa shape index (κ1) is 23.1. The Hall–Kier alpha value is -1.52. The van der Waals surface area contributed by atoms with E-state index in [-0.39, 0.29) is 11.0 Å². The lowest BCUT2D eigenvalue weighted by Gasteiger charge is -2.36. The molecule has 2 fully saturated rings. The lowest BCUT2D eigenvalue weighted by molar-refractivity contribution is -0.0484. The van der Waals surface area contributed by atoms with E-state index < -0.39 is 20.7 Å². The van der Waals surface area contributed by atoms with Gasteiger partial charge >= 0.3 is 6.09 Å². The molecule has 3 heterocycles. The fourth-order valence-corrected chi connectivity index (χ4v) is 4.16. The zero-order valence-corrected chi connectivity index (χ0v) is 19.6. The normalized spacial score (nSPS) is 20.6. The molecule has 0 aliphatic carbocycles. The highest BCUT2D eigenvalue weighted by Crippen LogP contribution is 2.38. The minimum atomic E-state index is -1.96. The molecule has 30 heavy (non-hydrogen) atoms. The van der Waals surface area contributed by atoms with Gasteiger partial charge in [-0.05, 0) is 30.6 Å². The minimum Gasteiger partial charge on any atom is -0.465 e. The van der Waals surface area contributed by atoms with Gasteiger partial charge in [-0.15, -0.1) is 0 Å². The van der Waals surface area contributed by atoms with Gasteiger partial charge in [-0.1, -0.05) is 26.8 Å². The Morgan fingerprint density at radius 3 is 2.53 bits per heavy atom. The summed E-state index contributed by atoms with van der Waals surface area (Å²) in [5.74, 6) is 0.548. The van der Waals surface area contributed by atoms with Crippen LogP contribution in [0.3, 0.4) is 0 Å². The predicted molar refractivity (Wildman–Crippen MR) is 115 cm³/mol. The molecule has 0 saturated carbocycles. The quantitative estimate of drug-likeness (QED) is 0.639. The largest absolute Gasteiger partial charge is 0.465 e. The van der Waals surface area contributed by atoms with E-state index in [0.717, 1.165) is 12.0 Å². The number of rotatable bonds is 7. The van der Waals surface area contributed by atoms with Gasteiger partial charge < -0.3 is 23.7 Å². The first-order valence-electron chi connectivity index (χ1n) is 10.5. The number of amides is 1. The van der Waals surface area contributed by atoms with E-state index in [0.29, 0.717) is 51.1 Å². The third kappa shape index (κ3) is 5.39. The van der Waals surface area contributed by atoms with Crippen molar-refractivity contribution in [2.24, 2.45) is 5.92 Å². The second kappa shape index (κ2) is 9.31. The van der Waals surface area contributed by atoms with Crippen LogP contribution in [0, 0.1) is 5.92 Å². The molecule has 1 aromatic rings. The molecular formula is C21H34N2O6Si. The fourth-order valence-electron chi connectivity index (χ4n) is 3.22. The summed E-state index contributed by atoms with van der Waals surface area (Å²) in [6.07, 6.45) is -0.781. The van der Waals surface area contributed by atoms with E-state index >= 15 is 0 Å². The van der Waals surface area contributed by atoms with Gasteiger partial charge in [-0.3, -0.25) is 4.90 Å². The first-order chi connectivity index (χ1) is 14.1. The molecule has 9 heteroatoms. The van der Waals surface area contributed by atoms with Crippen molar-refractivity contribution in [3.63, 3.8) is 0 Å². The van der Waals surface area contributed by atoms with E-state index in [2.05, 4.69) is 38.8 Å². The van der Waals surface area contributed by atoms with Crippen molar-refractivity contribution in [3.8, 4) is 0 Å². The molecule has 8 nitrogen and oxygen atoms in total. The highest BCUT2D eigenvalue weighted by Gasteiger charge is 2.37. The van der Waals surface area contributed by atoms with Crippen molar-refractivity contribution in [2.45, 2.75) is 58.2 Å². The standard InChI is InChI=1S/C21H34N2O6Si/c1-21(2,3)30(4,5)29-14-16-6-7-17(22-18(16)19-27-10-11-28-19)23(20(24)25)12-15-8-9-26-13-15/h6-7,15,19H,8-14H2,1-5H3,(H,24,25). The van der Waals surface area contributed by atoms with E-state index in [1.807, 2.05) is 6.07 Å². The molecule has 3 rings (SSSR count). The summed E-state index contributed by atoms with van der Waals surface area (Å²) in [6.45, 7) is 14.0. The van der Waals surface area contributed by atoms with Gasteiger partial charge in [-0.25, -0.2) is 9.78 Å². The number of pyridine rings is 1. The van der Waals surface area contributed by atoms with Crippen molar-refractivity contribution < 1.29 is 28.5 Å². The summed E-state index contributed by atoms with van der Waals surface area (Å²) in [7, 11) is -1.96. The van der Waals surface area contributed by atoms with Crippen LogP contribution in [0.25, 0.3) is 0 Å². The summed E-state index contributed by atoms with van der Waals surface area (Å²) in [5.41, 5.74) is 1.46. The van der Waals surface area contributed by atoms with Gasteiger partial charge in [0.05, 0.1) is 26.4 Å². The number of anilines is 1. The van der Waals surface area contributed by atoms with E-state index in [1.54, 1.807) is 6.07 Å². The third-order valence-corrected chi connectivity index (χ3v) is 10.7. The predicted octanol–water partition coefficient (Wildman–Crippen LogP) is 4.17. The Morgan fingerprint density at radius 2 is 1.97 bits per heavy atom.